The smallest absolute Gasteiger partial charge is 0.452 e. The standard InChI is InChI=1S/C17H16O9/c1-5-8-23-13(18)11-17(26-16(21)22-4,15(20)25-10-7-3)12-14(19)24-9-6-2/h1-3H,8-12H2,4H3. The van der Waals surface area contributed by atoms with Crippen molar-refractivity contribution in [2.45, 2.75) is 18.4 Å². The van der Waals surface area contributed by atoms with Gasteiger partial charge in [-0.3, -0.25) is 9.59 Å². The first-order valence-corrected chi connectivity index (χ1v) is 6.91. The molecule has 0 unspecified atom stereocenters. The van der Waals surface area contributed by atoms with E-state index in [-0.39, 0.29) is 0 Å². The van der Waals surface area contributed by atoms with E-state index in [0.29, 0.717) is 0 Å². The molecule has 0 spiro atoms. The quantitative estimate of drug-likeness (QED) is 0.312. The highest BCUT2D eigenvalue weighted by molar-refractivity contribution is 5.92. The van der Waals surface area contributed by atoms with Gasteiger partial charge in [-0.15, -0.1) is 19.3 Å². The van der Waals surface area contributed by atoms with Gasteiger partial charge >= 0.3 is 24.1 Å². The second-order valence-corrected chi connectivity index (χ2v) is 4.41. The molecule has 0 saturated carbocycles. The zero-order chi connectivity index (χ0) is 20.0. The molecule has 0 atom stereocenters. The van der Waals surface area contributed by atoms with Crippen molar-refractivity contribution in [1.82, 2.24) is 0 Å². The SMILES string of the molecule is C#CCOC(=O)CC(CC(=O)OCC#C)(OC(=O)OC)C(=O)OCC#C. The summed E-state index contributed by atoms with van der Waals surface area (Å²) in [5, 5.41) is 0. The van der Waals surface area contributed by atoms with Gasteiger partial charge in [-0.2, -0.15) is 0 Å². The predicted molar refractivity (Wildman–Crippen MR) is 84.8 cm³/mol. The number of hydrogen-bond acceptors (Lipinski definition) is 9. The number of esters is 3. The van der Waals surface area contributed by atoms with E-state index in [1.54, 1.807) is 0 Å². The molecule has 0 bridgehead atoms. The van der Waals surface area contributed by atoms with Crippen molar-refractivity contribution in [3.8, 4) is 37.0 Å². The van der Waals surface area contributed by atoms with Gasteiger partial charge in [0.15, 0.2) is 19.8 Å². The Bertz CT molecular complexity index is 625. The van der Waals surface area contributed by atoms with Crippen LogP contribution in [0.5, 0.6) is 0 Å². The first-order chi connectivity index (χ1) is 12.3. The van der Waals surface area contributed by atoms with Crippen LogP contribution in [0, 0.1) is 37.0 Å². The highest BCUT2D eigenvalue weighted by atomic mass is 16.7. The Labute approximate surface area is 150 Å². The van der Waals surface area contributed by atoms with Crippen LogP contribution in [0.4, 0.5) is 4.79 Å². The fourth-order valence-electron chi connectivity index (χ4n) is 1.57. The van der Waals surface area contributed by atoms with Gasteiger partial charge in [0, 0.05) is 0 Å². The number of terminal acetylenes is 3. The molecule has 138 valence electrons. The van der Waals surface area contributed by atoms with E-state index in [2.05, 4.69) is 14.2 Å². The summed E-state index contributed by atoms with van der Waals surface area (Å²) in [6.45, 7) is -1.33. The molecule has 0 aromatic heterocycles. The van der Waals surface area contributed by atoms with Gasteiger partial charge in [0.05, 0.1) is 20.0 Å². The minimum Gasteiger partial charge on any atom is -0.452 e. The first-order valence-electron chi connectivity index (χ1n) is 6.91. The Morgan fingerprint density at radius 2 is 1.23 bits per heavy atom. The maximum absolute atomic E-state index is 12.3. The van der Waals surface area contributed by atoms with E-state index in [1.165, 1.54) is 0 Å². The third-order valence-electron chi connectivity index (χ3n) is 2.60. The van der Waals surface area contributed by atoms with Gasteiger partial charge in [0.25, 0.3) is 0 Å². The summed E-state index contributed by atoms with van der Waals surface area (Å²) in [6.07, 6.45) is 11.8. The molecule has 0 heterocycles. The molecule has 9 nitrogen and oxygen atoms in total. The summed E-state index contributed by atoms with van der Waals surface area (Å²) in [6, 6.07) is 0. The first kappa shape index (κ1) is 22.4. The predicted octanol–water partition coefficient (Wildman–Crippen LogP) is -0.182. The average Bonchev–Trinajstić information content (AvgIpc) is 2.62. The number of carbonyl (C=O) groups excluding carboxylic acids is 4. The lowest BCUT2D eigenvalue weighted by Gasteiger charge is -2.28. The second-order valence-electron chi connectivity index (χ2n) is 4.41. The number of rotatable bonds is 9. The van der Waals surface area contributed by atoms with E-state index in [9.17, 15) is 19.2 Å². The lowest BCUT2D eigenvalue weighted by Crippen LogP contribution is -2.48. The third kappa shape index (κ3) is 7.76. The van der Waals surface area contributed by atoms with Crippen LogP contribution in [-0.2, 0) is 38.1 Å². The zero-order valence-corrected chi connectivity index (χ0v) is 13.9. The molecule has 0 rings (SSSR count). The molecular formula is C17H16O9. The minimum atomic E-state index is -2.44. The van der Waals surface area contributed by atoms with Gasteiger partial charge in [-0.25, -0.2) is 9.59 Å². The van der Waals surface area contributed by atoms with Crippen LogP contribution in [0.1, 0.15) is 12.8 Å². The maximum atomic E-state index is 12.3. The van der Waals surface area contributed by atoms with Crippen LogP contribution in [-0.4, -0.2) is 56.6 Å². The van der Waals surface area contributed by atoms with Gasteiger partial charge in [-0.05, 0) is 0 Å². The summed E-state index contributed by atoms with van der Waals surface area (Å²) >= 11 is 0. The average molecular weight is 364 g/mol. The molecular weight excluding hydrogens is 348 g/mol. The molecule has 0 N–H and O–H groups in total. The van der Waals surface area contributed by atoms with E-state index in [4.69, 9.17) is 28.7 Å². The molecule has 0 aromatic carbocycles. The molecule has 0 saturated heterocycles. The lowest BCUT2D eigenvalue weighted by molar-refractivity contribution is -0.178. The van der Waals surface area contributed by atoms with E-state index in [1.807, 2.05) is 17.8 Å². The molecule has 0 amide bonds. The van der Waals surface area contributed by atoms with Crippen molar-refractivity contribution < 1.29 is 42.9 Å². The number of methoxy groups -OCH3 is 1. The molecule has 9 heteroatoms. The molecule has 26 heavy (non-hydrogen) atoms. The molecule has 0 radical (unpaired) electrons. The molecule has 0 aliphatic carbocycles. The Morgan fingerprint density at radius 3 is 1.62 bits per heavy atom. The second kappa shape index (κ2) is 11.8. The fraction of sp³-hybridized carbons (Fsp3) is 0.412. The van der Waals surface area contributed by atoms with Crippen molar-refractivity contribution in [1.29, 1.82) is 0 Å². The van der Waals surface area contributed by atoms with Gasteiger partial charge in [-0.1, -0.05) is 17.8 Å². The lowest BCUT2D eigenvalue weighted by atomic mass is 9.95. The van der Waals surface area contributed by atoms with Crippen molar-refractivity contribution in [2.24, 2.45) is 0 Å². The van der Waals surface area contributed by atoms with E-state index in [0.717, 1.165) is 7.11 Å². The van der Waals surface area contributed by atoms with Crippen molar-refractivity contribution in [3.63, 3.8) is 0 Å². The van der Waals surface area contributed by atoms with E-state index < -0.39 is 62.3 Å². The van der Waals surface area contributed by atoms with Crippen LogP contribution in [0.25, 0.3) is 0 Å². The highest BCUT2D eigenvalue weighted by Crippen LogP contribution is 2.26. The van der Waals surface area contributed by atoms with Crippen LogP contribution in [0.15, 0.2) is 0 Å². The number of ether oxygens (including phenoxy) is 5. The third-order valence-corrected chi connectivity index (χ3v) is 2.60. The summed E-state index contributed by atoms with van der Waals surface area (Å²) in [5.74, 6) is 2.71. The van der Waals surface area contributed by atoms with Crippen LogP contribution < -0.4 is 0 Å². The summed E-state index contributed by atoms with van der Waals surface area (Å²) < 4.78 is 23.1. The Balaban J connectivity index is 5.70. The van der Waals surface area contributed by atoms with Crippen LogP contribution in [0.3, 0.4) is 0 Å². The maximum Gasteiger partial charge on any atom is 0.509 e. The van der Waals surface area contributed by atoms with Gasteiger partial charge < -0.3 is 23.7 Å². The summed E-state index contributed by atoms with van der Waals surface area (Å²) in [4.78, 5) is 47.6. The number of carbonyl (C=O) groups is 4. The monoisotopic (exact) mass is 364 g/mol. The minimum absolute atomic E-state index is 0.409. The van der Waals surface area contributed by atoms with Crippen LogP contribution in [0.2, 0.25) is 0 Å². The summed E-state index contributed by atoms with van der Waals surface area (Å²) in [5.41, 5.74) is -2.44. The Hall–Kier alpha value is -3.64. The van der Waals surface area contributed by atoms with Crippen LogP contribution >= 0.6 is 0 Å². The summed E-state index contributed by atoms with van der Waals surface area (Å²) in [7, 11) is 0.952. The van der Waals surface area contributed by atoms with Crippen molar-refractivity contribution >= 4 is 24.1 Å². The fourth-order valence-corrected chi connectivity index (χ4v) is 1.57. The van der Waals surface area contributed by atoms with Gasteiger partial charge in [0.2, 0.25) is 5.60 Å². The molecule has 0 aliphatic rings. The molecule has 0 aliphatic heterocycles. The Morgan fingerprint density at radius 1 is 0.808 bits per heavy atom. The largest absolute Gasteiger partial charge is 0.509 e. The molecule has 0 aromatic rings. The highest BCUT2D eigenvalue weighted by Gasteiger charge is 2.49. The number of hydrogen-bond donors (Lipinski definition) is 0. The topological polar surface area (TPSA) is 114 Å². The normalized spacial score (nSPS) is 9.46. The zero-order valence-electron chi connectivity index (χ0n) is 13.9. The van der Waals surface area contributed by atoms with E-state index >= 15 is 0 Å². The van der Waals surface area contributed by atoms with Crippen molar-refractivity contribution in [3.05, 3.63) is 0 Å². The van der Waals surface area contributed by atoms with Gasteiger partial charge in [0.1, 0.15) is 0 Å². The van der Waals surface area contributed by atoms with Crippen molar-refractivity contribution in [2.75, 3.05) is 26.9 Å². The molecule has 0 fully saturated rings. The Kier molecular flexibility index (Phi) is 10.2.